The van der Waals surface area contributed by atoms with Gasteiger partial charge in [0, 0.05) is 0 Å². The molecule has 2 fully saturated rings. The molecule has 0 unspecified atom stereocenters. The van der Waals surface area contributed by atoms with E-state index in [-0.39, 0.29) is 6.61 Å². The fourth-order valence-corrected chi connectivity index (χ4v) is 5.48. The van der Waals surface area contributed by atoms with Gasteiger partial charge in [-0.05, 0) is 55.8 Å². The Morgan fingerprint density at radius 2 is 1.15 bits per heavy atom. The molecule has 2 rings (SSSR count). The Morgan fingerprint density at radius 1 is 0.667 bits per heavy atom. The Bertz CT molecular complexity index is 366. The quantitative estimate of drug-likeness (QED) is 0.322. The van der Waals surface area contributed by atoms with Crippen LogP contribution in [0.5, 0.6) is 0 Å². The molecular weight excluding hydrogens is 349 g/mol. The SMILES string of the molecule is CCCCCC1CCC(C2CCC(CCCCCOC(F)(F)F)CC2)CC1. The second kappa shape index (κ2) is 12.3. The number of unbranched alkanes of at least 4 members (excludes halogenated alkanes) is 4. The molecule has 0 bridgehead atoms. The van der Waals surface area contributed by atoms with E-state index < -0.39 is 6.36 Å². The predicted molar refractivity (Wildman–Crippen MR) is 106 cm³/mol. The molecule has 0 aromatic heterocycles. The molecular formula is C23H41F3O. The summed E-state index contributed by atoms with van der Waals surface area (Å²) in [6, 6.07) is 0. The third-order valence-corrected chi connectivity index (χ3v) is 7.19. The number of ether oxygens (including phenoxy) is 1. The normalized spacial score (nSPS) is 29.8. The molecule has 2 saturated carbocycles. The van der Waals surface area contributed by atoms with Gasteiger partial charge in [0.2, 0.25) is 0 Å². The topological polar surface area (TPSA) is 9.23 Å². The minimum Gasteiger partial charge on any atom is -0.292 e. The van der Waals surface area contributed by atoms with Crippen LogP contribution in [0.4, 0.5) is 13.2 Å². The second-order valence-electron chi connectivity index (χ2n) is 9.20. The van der Waals surface area contributed by atoms with E-state index in [2.05, 4.69) is 11.7 Å². The van der Waals surface area contributed by atoms with Crippen molar-refractivity contribution in [2.75, 3.05) is 6.61 Å². The maximum absolute atomic E-state index is 11.9. The lowest BCUT2D eigenvalue weighted by Gasteiger charge is -2.38. The largest absolute Gasteiger partial charge is 0.522 e. The number of hydrogen-bond donors (Lipinski definition) is 0. The van der Waals surface area contributed by atoms with Crippen molar-refractivity contribution in [2.24, 2.45) is 23.7 Å². The van der Waals surface area contributed by atoms with E-state index in [1.807, 2.05) is 0 Å². The maximum atomic E-state index is 11.9. The second-order valence-corrected chi connectivity index (χ2v) is 9.20. The molecule has 4 heteroatoms. The van der Waals surface area contributed by atoms with Gasteiger partial charge < -0.3 is 0 Å². The van der Waals surface area contributed by atoms with Crippen LogP contribution in [0.15, 0.2) is 0 Å². The van der Waals surface area contributed by atoms with Gasteiger partial charge in [-0.1, -0.05) is 77.6 Å². The van der Waals surface area contributed by atoms with E-state index in [1.165, 1.54) is 83.5 Å². The summed E-state index contributed by atoms with van der Waals surface area (Å²) in [6.45, 7) is 2.10. The molecule has 0 saturated heterocycles. The Balaban J connectivity index is 1.49. The highest BCUT2D eigenvalue weighted by molar-refractivity contribution is 4.82. The lowest BCUT2D eigenvalue weighted by molar-refractivity contribution is -0.324. The van der Waals surface area contributed by atoms with Crippen LogP contribution >= 0.6 is 0 Å². The van der Waals surface area contributed by atoms with E-state index in [1.54, 1.807) is 0 Å². The standard InChI is InChI=1S/C23H41F3O/c1-2-3-5-8-19-10-14-21(15-11-19)22-16-12-20(13-17-22)9-6-4-7-18-27-23(24,25)26/h19-22H,2-18H2,1H3. The highest BCUT2D eigenvalue weighted by Crippen LogP contribution is 2.43. The van der Waals surface area contributed by atoms with E-state index in [4.69, 9.17) is 0 Å². The monoisotopic (exact) mass is 390 g/mol. The molecule has 1 nitrogen and oxygen atoms in total. The Hall–Kier alpha value is -0.250. The molecule has 0 amide bonds. The summed E-state index contributed by atoms with van der Waals surface area (Å²) in [7, 11) is 0. The van der Waals surface area contributed by atoms with Crippen molar-refractivity contribution in [3.8, 4) is 0 Å². The van der Waals surface area contributed by atoms with E-state index in [0.29, 0.717) is 6.42 Å². The summed E-state index contributed by atoms with van der Waals surface area (Å²) in [6.07, 6.45) is 16.1. The van der Waals surface area contributed by atoms with Crippen molar-refractivity contribution < 1.29 is 17.9 Å². The molecule has 0 spiro atoms. The number of hydrogen-bond acceptors (Lipinski definition) is 1. The van der Waals surface area contributed by atoms with E-state index in [9.17, 15) is 13.2 Å². The number of halogens is 3. The molecule has 0 atom stereocenters. The van der Waals surface area contributed by atoms with Gasteiger partial charge in [0.05, 0.1) is 6.61 Å². The van der Waals surface area contributed by atoms with Crippen molar-refractivity contribution in [3.63, 3.8) is 0 Å². The van der Waals surface area contributed by atoms with Gasteiger partial charge in [-0.2, -0.15) is 0 Å². The van der Waals surface area contributed by atoms with Crippen LogP contribution in [0.3, 0.4) is 0 Å². The summed E-state index contributed by atoms with van der Waals surface area (Å²) in [4.78, 5) is 0. The third kappa shape index (κ3) is 9.67. The van der Waals surface area contributed by atoms with Crippen LogP contribution in [-0.2, 0) is 4.74 Å². The molecule has 27 heavy (non-hydrogen) atoms. The van der Waals surface area contributed by atoms with Gasteiger partial charge >= 0.3 is 6.36 Å². The minimum atomic E-state index is -4.47. The van der Waals surface area contributed by atoms with Crippen molar-refractivity contribution >= 4 is 0 Å². The van der Waals surface area contributed by atoms with Gasteiger partial charge in [-0.15, -0.1) is 13.2 Å². The van der Waals surface area contributed by atoms with Crippen molar-refractivity contribution in [1.82, 2.24) is 0 Å². The molecule has 0 N–H and O–H groups in total. The summed E-state index contributed by atoms with van der Waals surface area (Å²) >= 11 is 0. The third-order valence-electron chi connectivity index (χ3n) is 7.19. The Morgan fingerprint density at radius 3 is 1.59 bits per heavy atom. The summed E-state index contributed by atoms with van der Waals surface area (Å²) < 4.78 is 39.6. The Kier molecular flexibility index (Phi) is 10.5. The summed E-state index contributed by atoms with van der Waals surface area (Å²) in [5.74, 6) is 3.76. The van der Waals surface area contributed by atoms with Crippen LogP contribution in [-0.4, -0.2) is 13.0 Å². The molecule has 0 aromatic carbocycles. The van der Waals surface area contributed by atoms with Crippen molar-refractivity contribution in [3.05, 3.63) is 0 Å². The highest BCUT2D eigenvalue weighted by atomic mass is 19.4. The highest BCUT2D eigenvalue weighted by Gasteiger charge is 2.31. The van der Waals surface area contributed by atoms with Crippen LogP contribution in [0.25, 0.3) is 0 Å². The number of rotatable bonds is 11. The van der Waals surface area contributed by atoms with Gasteiger partial charge in [-0.25, -0.2) is 0 Å². The van der Waals surface area contributed by atoms with Crippen LogP contribution in [0.2, 0.25) is 0 Å². The molecule has 0 radical (unpaired) electrons. The molecule has 0 heterocycles. The predicted octanol–water partition coefficient (Wildman–Crippen LogP) is 8.28. The fourth-order valence-electron chi connectivity index (χ4n) is 5.48. The molecule has 0 aromatic rings. The zero-order valence-corrected chi connectivity index (χ0v) is 17.4. The minimum absolute atomic E-state index is 0.183. The van der Waals surface area contributed by atoms with Gasteiger partial charge in [0.15, 0.2) is 0 Å². The lowest BCUT2D eigenvalue weighted by atomic mass is 9.68. The van der Waals surface area contributed by atoms with Gasteiger partial charge in [0.25, 0.3) is 0 Å². The maximum Gasteiger partial charge on any atom is 0.522 e. The fraction of sp³-hybridized carbons (Fsp3) is 1.00. The van der Waals surface area contributed by atoms with E-state index >= 15 is 0 Å². The summed E-state index contributed by atoms with van der Waals surface area (Å²) in [5.41, 5.74) is 0. The lowest BCUT2D eigenvalue weighted by Crippen LogP contribution is -2.26. The van der Waals surface area contributed by atoms with Crippen molar-refractivity contribution in [2.45, 2.75) is 116 Å². The first-order valence-corrected chi connectivity index (χ1v) is 11.7. The van der Waals surface area contributed by atoms with Crippen LogP contribution in [0, 0.1) is 23.7 Å². The zero-order valence-electron chi connectivity index (χ0n) is 17.4. The first-order valence-electron chi connectivity index (χ1n) is 11.7. The first kappa shape index (κ1) is 23.0. The van der Waals surface area contributed by atoms with Gasteiger partial charge in [-0.3, -0.25) is 4.74 Å². The van der Waals surface area contributed by atoms with Gasteiger partial charge in [0.1, 0.15) is 0 Å². The zero-order chi connectivity index (χ0) is 19.5. The molecule has 160 valence electrons. The van der Waals surface area contributed by atoms with Crippen LogP contribution in [0.1, 0.15) is 110 Å². The summed E-state index contributed by atoms with van der Waals surface area (Å²) in [5, 5.41) is 0. The molecule has 2 aliphatic rings. The smallest absolute Gasteiger partial charge is 0.292 e. The first-order chi connectivity index (χ1) is 13.0. The van der Waals surface area contributed by atoms with E-state index in [0.717, 1.165) is 36.5 Å². The molecule has 0 aliphatic heterocycles. The Labute approximate surface area is 164 Å². The molecule has 2 aliphatic carbocycles. The average Bonchev–Trinajstić information content (AvgIpc) is 2.65. The number of alkyl halides is 3. The van der Waals surface area contributed by atoms with Crippen LogP contribution < -0.4 is 0 Å². The van der Waals surface area contributed by atoms with Crippen molar-refractivity contribution in [1.29, 1.82) is 0 Å². The average molecular weight is 391 g/mol.